The number of hydrogen-bond acceptors (Lipinski definition) is 7. The van der Waals surface area contributed by atoms with Crippen LogP contribution in [0.25, 0.3) is 0 Å². The van der Waals surface area contributed by atoms with Crippen molar-refractivity contribution in [1.82, 2.24) is 9.55 Å². The second kappa shape index (κ2) is 6.56. The maximum absolute atomic E-state index is 11.8. The molecule has 2 rings (SSSR count). The first kappa shape index (κ1) is 16.0. The van der Waals surface area contributed by atoms with Crippen molar-refractivity contribution in [3.8, 4) is 0 Å². The van der Waals surface area contributed by atoms with E-state index in [1.807, 2.05) is 0 Å². The van der Waals surface area contributed by atoms with E-state index in [4.69, 9.17) is 14.2 Å². The van der Waals surface area contributed by atoms with Crippen LogP contribution in [0.4, 0.5) is 0 Å². The zero-order valence-electron chi connectivity index (χ0n) is 12.1. The van der Waals surface area contributed by atoms with Crippen LogP contribution in [0.5, 0.6) is 0 Å². The monoisotopic (exact) mass is 312 g/mol. The van der Waals surface area contributed by atoms with Crippen molar-refractivity contribution in [2.75, 3.05) is 6.61 Å². The Morgan fingerprint density at radius 1 is 1.36 bits per heavy atom. The summed E-state index contributed by atoms with van der Waals surface area (Å²) in [5.41, 5.74) is -1.15. The van der Waals surface area contributed by atoms with Gasteiger partial charge in [0.15, 0.2) is 0 Å². The predicted octanol–water partition coefficient (Wildman–Crippen LogP) is -0.681. The molecule has 3 atom stereocenters. The van der Waals surface area contributed by atoms with Crippen LogP contribution < -0.4 is 11.2 Å². The summed E-state index contributed by atoms with van der Waals surface area (Å²) in [6, 6.07) is 1.19. The average molecular weight is 312 g/mol. The lowest BCUT2D eigenvalue weighted by Crippen LogP contribution is -2.32. The molecule has 1 aliphatic rings. The second-order valence-corrected chi connectivity index (χ2v) is 4.83. The third-order valence-electron chi connectivity index (χ3n) is 3.11. The number of rotatable bonds is 4. The zero-order chi connectivity index (χ0) is 16.3. The second-order valence-electron chi connectivity index (χ2n) is 4.83. The summed E-state index contributed by atoms with van der Waals surface area (Å²) in [7, 11) is 0. The molecule has 0 aliphatic carbocycles. The Balaban J connectivity index is 2.17. The molecule has 0 aromatic carbocycles. The van der Waals surface area contributed by atoms with E-state index in [-0.39, 0.29) is 13.0 Å². The number of nitrogens with zero attached hydrogens (tertiary/aromatic N) is 1. The fourth-order valence-electron chi connectivity index (χ4n) is 2.21. The molecule has 1 aliphatic heterocycles. The number of hydrogen-bond donors (Lipinski definition) is 1. The minimum Gasteiger partial charge on any atom is -0.463 e. The van der Waals surface area contributed by atoms with Crippen LogP contribution in [0, 0.1) is 0 Å². The van der Waals surface area contributed by atoms with Gasteiger partial charge in [0, 0.05) is 32.5 Å². The molecule has 22 heavy (non-hydrogen) atoms. The summed E-state index contributed by atoms with van der Waals surface area (Å²) in [6.45, 7) is 2.41. The first-order valence-electron chi connectivity index (χ1n) is 6.64. The Morgan fingerprint density at radius 3 is 2.68 bits per heavy atom. The Morgan fingerprint density at radius 2 is 2.09 bits per heavy atom. The zero-order valence-corrected chi connectivity index (χ0v) is 12.1. The fourth-order valence-corrected chi connectivity index (χ4v) is 2.21. The summed E-state index contributed by atoms with van der Waals surface area (Å²) in [5, 5.41) is 0. The van der Waals surface area contributed by atoms with Gasteiger partial charge in [-0.3, -0.25) is 23.9 Å². The van der Waals surface area contributed by atoms with Crippen molar-refractivity contribution in [1.29, 1.82) is 0 Å². The highest BCUT2D eigenvalue weighted by Gasteiger charge is 2.39. The van der Waals surface area contributed by atoms with E-state index in [1.165, 1.54) is 30.7 Å². The number of ether oxygens (including phenoxy) is 3. The minimum absolute atomic E-state index is 0.0954. The largest absolute Gasteiger partial charge is 0.463 e. The highest BCUT2D eigenvalue weighted by atomic mass is 16.6. The van der Waals surface area contributed by atoms with E-state index in [0.717, 1.165) is 0 Å². The number of carbonyl (C=O) groups excluding carboxylic acids is 2. The van der Waals surface area contributed by atoms with Crippen molar-refractivity contribution in [2.24, 2.45) is 0 Å². The molecule has 0 bridgehead atoms. The molecule has 120 valence electrons. The van der Waals surface area contributed by atoms with Crippen molar-refractivity contribution in [3.05, 3.63) is 33.1 Å². The third kappa shape index (κ3) is 3.82. The molecule has 0 spiro atoms. The first-order valence-corrected chi connectivity index (χ1v) is 6.64. The number of nitrogens with one attached hydrogen (secondary N) is 1. The standard InChI is InChI=1S/C13H16N2O7/c1-7(16)20-6-10-9(21-8(2)17)5-12(22-10)15-4-3-11(18)14-13(15)19/h3-4,9-10,12H,5-6H2,1-2H3,(H,14,18,19)/t9?,10-,12-/m0/s1. The molecule has 9 heteroatoms. The molecule has 9 nitrogen and oxygen atoms in total. The van der Waals surface area contributed by atoms with Gasteiger partial charge in [-0.25, -0.2) is 4.79 Å². The van der Waals surface area contributed by atoms with Gasteiger partial charge in [-0.1, -0.05) is 0 Å². The molecule has 0 amide bonds. The highest BCUT2D eigenvalue weighted by Crippen LogP contribution is 2.30. The van der Waals surface area contributed by atoms with E-state index in [2.05, 4.69) is 4.98 Å². The molecule has 1 saturated heterocycles. The van der Waals surface area contributed by atoms with E-state index < -0.39 is 41.6 Å². The normalized spacial score (nSPS) is 24.0. The van der Waals surface area contributed by atoms with Crippen LogP contribution in [-0.2, 0) is 23.8 Å². The molecule has 1 aromatic rings. The molecular formula is C13H16N2O7. The highest BCUT2D eigenvalue weighted by molar-refractivity contribution is 5.66. The van der Waals surface area contributed by atoms with Gasteiger partial charge in [0.05, 0.1) is 0 Å². The Kier molecular flexibility index (Phi) is 4.76. The lowest BCUT2D eigenvalue weighted by molar-refractivity contribution is -0.155. The molecule has 0 saturated carbocycles. The Hall–Kier alpha value is -2.42. The number of carbonyl (C=O) groups is 2. The van der Waals surface area contributed by atoms with Gasteiger partial charge in [0.1, 0.15) is 25.0 Å². The topological polar surface area (TPSA) is 117 Å². The van der Waals surface area contributed by atoms with Gasteiger partial charge in [0.2, 0.25) is 0 Å². The lowest BCUT2D eigenvalue weighted by Gasteiger charge is -2.17. The molecule has 0 radical (unpaired) electrons. The number of aromatic nitrogens is 2. The molecule has 1 aromatic heterocycles. The molecule has 1 fully saturated rings. The van der Waals surface area contributed by atoms with Crippen LogP contribution in [0.1, 0.15) is 26.5 Å². The molecule has 1 unspecified atom stereocenters. The van der Waals surface area contributed by atoms with Crippen LogP contribution in [-0.4, -0.2) is 40.3 Å². The maximum Gasteiger partial charge on any atom is 0.330 e. The van der Waals surface area contributed by atoms with Crippen molar-refractivity contribution < 1.29 is 23.8 Å². The van der Waals surface area contributed by atoms with Crippen molar-refractivity contribution in [2.45, 2.75) is 38.7 Å². The average Bonchev–Trinajstić information content (AvgIpc) is 2.78. The van der Waals surface area contributed by atoms with Gasteiger partial charge in [-0.05, 0) is 0 Å². The number of H-pyrrole nitrogens is 1. The maximum atomic E-state index is 11.8. The first-order chi connectivity index (χ1) is 10.4. The Labute approximate surface area is 124 Å². The quantitative estimate of drug-likeness (QED) is 0.732. The van der Waals surface area contributed by atoms with E-state index in [0.29, 0.717) is 0 Å². The van der Waals surface area contributed by atoms with Gasteiger partial charge in [-0.2, -0.15) is 0 Å². The lowest BCUT2D eigenvalue weighted by atomic mass is 10.2. The van der Waals surface area contributed by atoms with Crippen molar-refractivity contribution in [3.63, 3.8) is 0 Å². The molecule has 2 heterocycles. The summed E-state index contributed by atoms with van der Waals surface area (Å²) in [6.07, 6.45) is -0.561. The third-order valence-corrected chi connectivity index (χ3v) is 3.11. The number of aromatic amines is 1. The molecule has 1 N–H and O–H groups in total. The van der Waals surface area contributed by atoms with Crippen LogP contribution >= 0.6 is 0 Å². The molecular weight excluding hydrogens is 296 g/mol. The van der Waals surface area contributed by atoms with Crippen molar-refractivity contribution >= 4 is 11.9 Å². The minimum atomic E-state index is -0.728. The van der Waals surface area contributed by atoms with Gasteiger partial charge in [0.25, 0.3) is 5.56 Å². The van der Waals surface area contributed by atoms with Crippen LogP contribution in [0.15, 0.2) is 21.9 Å². The van der Waals surface area contributed by atoms with Crippen LogP contribution in [0.3, 0.4) is 0 Å². The predicted molar refractivity (Wildman–Crippen MR) is 72.0 cm³/mol. The number of esters is 2. The summed E-state index contributed by atoms with van der Waals surface area (Å²) < 4.78 is 16.8. The smallest absolute Gasteiger partial charge is 0.330 e. The van der Waals surface area contributed by atoms with Crippen LogP contribution in [0.2, 0.25) is 0 Å². The van der Waals surface area contributed by atoms with E-state index >= 15 is 0 Å². The fraction of sp³-hybridized carbons (Fsp3) is 0.538. The Bertz CT molecular complexity index is 677. The SMILES string of the molecule is CC(=O)OC[C@@H]1O[C@H](n2ccc(=O)[nH]c2=O)CC1OC(C)=O. The van der Waals surface area contributed by atoms with Gasteiger partial charge >= 0.3 is 17.6 Å². The van der Waals surface area contributed by atoms with Gasteiger partial charge in [-0.15, -0.1) is 0 Å². The van der Waals surface area contributed by atoms with E-state index in [1.54, 1.807) is 0 Å². The summed E-state index contributed by atoms with van der Waals surface area (Å²) in [4.78, 5) is 47.0. The summed E-state index contributed by atoms with van der Waals surface area (Å²) >= 11 is 0. The van der Waals surface area contributed by atoms with Gasteiger partial charge < -0.3 is 14.2 Å². The summed E-state index contributed by atoms with van der Waals surface area (Å²) in [5.74, 6) is -0.995. The van der Waals surface area contributed by atoms with E-state index in [9.17, 15) is 19.2 Å².